The first kappa shape index (κ1) is 15.3. The summed E-state index contributed by atoms with van der Waals surface area (Å²) in [5, 5.41) is 3.63. The van der Waals surface area contributed by atoms with Gasteiger partial charge in [-0.2, -0.15) is 0 Å². The van der Waals surface area contributed by atoms with Gasteiger partial charge in [0.25, 0.3) is 0 Å². The molecule has 112 valence electrons. The first-order chi connectivity index (χ1) is 9.24. The molecule has 0 aromatic heterocycles. The van der Waals surface area contributed by atoms with Gasteiger partial charge in [0.1, 0.15) is 0 Å². The van der Waals surface area contributed by atoms with Crippen molar-refractivity contribution in [3.63, 3.8) is 0 Å². The number of hydrogen-bond donors (Lipinski definition) is 1. The predicted molar refractivity (Wildman–Crippen MR) is 83.5 cm³/mol. The van der Waals surface area contributed by atoms with Crippen LogP contribution >= 0.6 is 0 Å². The molecule has 1 saturated carbocycles. The first-order valence-corrected chi connectivity index (χ1v) is 8.72. The second-order valence-electron chi connectivity index (χ2n) is 6.84. The van der Waals surface area contributed by atoms with Crippen molar-refractivity contribution in [2.45, 2.75) is 77.8 Å². The molecule has 1 N–H and O–H groups in total. The second kappa shape index (κ2) is 7.64. The van der Waals surface area contributed by atoms with Gasteiger partial charge in [-0.3, -0.25) is 0 Å². The number of rotatable bonds is 5. The Labute approximate surface area is 120 Å². The zero-order valence-corrected chi connectivity index (χ0v) is 13.3. The Morgan fingerprint density at radius 3 is 2.74 bits per heavy atom. The van der Waals surface area contributed by atoms with Crippen molar-refractivity contribution in [3.8, 4) is 0 Å². The molecule has 2 heteroatoms. The molecule has 0 aromatic carbocycles. The van der Waals surface area contributed by atoms with Crippen molar-refractivity contribution < 1.29 is 0 Å². The predicted octanol–water partition coefficient (Wildman–Crippen LogP) is 3.67. The summed E-state index contributed by atoms with van der Waals surface area (Å²) in [6.07, 6.45) is 10.1. The normalized spacial score (nSPS) is 35.2. The smallest absolute Gasteiger partial charge is 0.00980 e. The number of nitrogens with one attached hydrogen (secondary N) is 1. The fourth-order valence-corrected chi connectivity index (χ4v) is 4.23. The van der Waals surface area contributed by atoms with Crippen LogP contribution in [0.3, 0.4) is 0 Å². The molecule has 0 radical (unpaired) electrons. The third-order valence-electron chi connectivity index (χ3n) is 5.57. The minimum absolute atomic E-state index is 0.693. The molecular weight excluding hydrogens is 232 g/mol. The van der Waals surface area contributed by atoms with Crippen LogP contribution in [0.15, 0.2) is 0 Å². The Hall–Kier alpha value is -0.0800. The van der Waals surface area contributed by atoms with Crippen LogP contribution in [0.1, 0.15) is 65.7 Å². The Morgan fingerprint density at radius 2 is 2.00 bits per heavy atom. The van der Waals surface area contributed by atoms with Crippen molar-refractivity contribution >= 4 is 0 Å². The van der Waals surface area contributed by atoms with E-state index in [2.05, 4.69) is 31.0 Å². The zero-order chi connectivity index (χ0) is 13.7. The summed E-state index contributed by atoms with van der Waals surface area (Å²) in [5.41, 5.74) is 0. The largest absolute Gasteiger partial charge is 0.314 e. The molecule has 1 saturated heterocycles. The van der Waals surface area contributed by atoms with E-state index in [4.69, 9.17) is 0 Å². The molecule has 2 fully saturated rings. The van der Waals surface area contributed by atoms with Gasteiger partial charge in [-0.15, -0.1) is 0 Å². The molecule has 2 aliphatic rings. The van der Waals surface area contributed by atoms with Gasteiger partial charge in [0.2, 0.25) is 0 Å². The zero-order valence-electron chi connectivity index (χ0n) is 13.3. The highest BCUT2D eigenvalue weighted by atomic mass is 15.2. The molecular formula is C17H34N2. The summed E-state index contributed by atoms with van der Waals surface area (Å²) in [5.74, 6) is 1.88. The topological polar surface area (TPSA) is 15.3 Å². The van der Waals surface area contributed by atoms with E-state index in [0.29, 0.717) is 6.04 Å². The summed E-state index contributed by atoms with van der Waals surface area (Å²) < 4.78 is 0. The number of hydrogen-bond acceptors (Lipinski definition) is 2. The van der Waals surface area contributed by atoms with E-state index in [-0.39, 0.29) is 0 Å². The maximum atomic E-state index is 3.63. The molecule has 1 aliphatic heterocycles. The van der Waals surface area contributed by atoms with E-state index in [1.54, 1.807) is 0 Å². The van der Waals surface area contributed by atoms with Crippen molar-refractivity contribution in [2.24, 2.45) is 11.8 Å². The maximum absolute atomic E-state index is 3.63. The minimum atomic E-state index is 0.693. The summed E-state index contributed by atoms with van der Waals surface area (Å²) in [6, 6.07) is 1.59. The van der Waals surface area contributed by atoms with Gasteiger partial charge < -0.3 is 10.2 Å². The van der Waals surface area contributed by atoms with Gasteiger partial charge in [-0.1, -0.05) is 33.1 Å². The van der Waals surface area contributed by atoms with Crippen molar-refractivity contribution in [2.75, 3.05) is 19.6 Å². The number of piperidine rings is 1. The molecule has 2 nitrogen and oxygen atoms in total. The molecule has 0 bridgehead atoms. The lowest BCUT2D eigenvalue weighted by molar-refractivity contribution is 0.0717. The lowest BCUT2D eigenvalue weighted by Crippen LogP contribution is -2.49. The highest BCUT2D eigenvalue weighted by Gasteiger charge is 2.31. The van der Waals surface area contributed by atoms with Gasteiger partial charge in [0.05, 0.1) is 0 Å². The van der Waals surface area contributed by atoms with E-state index in [1.165, 1.54) is 58.0 Å². The molecule has 4 unspecified atom stereocenters. The molecule has 4 atom stereocenters. The molecule has 0 amide bonds. The Morgan fingerprint density at radius 1 is 1.16 bits per heavy atom. The van der Waals surface area contributed by atoms with Crippen LogP contribution in [0.5, 0.6) is 0 Å². The summed E-state index contributed by atoms with van der Waals surface area (Å²) in [4.78, 5) is 2.84. The third-order valence-corrected chi connectivity index (χ3v) is 5.57. The van der Waals surface area contributed by atoms with Crippen LogP contribution in [0.25, 0.3) is 0 Å². The number of likely N-dealkylation sites (tertiary alicyclic amines) is 1. The van der Waals surface area contributed by atoms with Gasteiger partial charge in [0.15, 0.2) is 0 Å². The monoisotopic (exact) mass is 266 g/mol. The lowest BCUT2D eigenvalue weighted by atomic mass is 9.81. The van der Waals surface area contributed by atoms with E-state index >= 15 is 0 Å². The van der Waals surface area contributed by atoms with E-state index in [9.17, 15) is 0 Å². The highest BCUT2D eigenvalue weighted by molar-refractivity contribution is 4.86. The van der Waals surface area contributed by atoms with Crippen LogP contribution in [-0.4, -0.2) is 36.6 Å². The Balaban J connectivity index is 1.86. The second-order valence-corrected chi connectivity index (χ2v) is 6.84. The van der Waals surface area contributed by atoms with Crippen LogP contribution in [-0.2, 0) is 0 Å². The highest BCUT2D eigenvalue weighted by Crippen LogP contribution is 2.32. The van der Waals surface area contributed by atoms with E-state index in [1.807, 2.05) is 0 Å². The van der Waals surface area contributed by atoms with Gasteiger partial charge >= 0.3 is 0 Å². The molecule has 19 heavy (non-hydrogen) atoms. The van der Waals surface area contributed by atoms with Crippen LogP contribution in [0, 0.1) is 11.8 Å². The lowest BCUT2D eigenvalue weighted by Gasteiger charge is -2.43. The van der Waals surface area contributed by atoms with Crippen LogP contribution < -0.4 is 5.32 Å². The average molecular weight is 266 g/mol. The third kappa shape index (κ3) is 4.19. The number of nitrogens with zero attached hydrogens (tertiary/aromatic N) is 1. The van der Waals surface area contributed by atoms with Crippen molar-refractivity contribution in [3.05, 3.63) is 0 Å². The standard InChI is InChI=1S/C17H34N2/c1-4-15-8-6-10-17(12-15)19-11-7-9-16(13-19)14(3)18-5-2/h14-18H,4-13H2,1-3H3. The maximum Gasteiger partial charge on any atom is 0.00980 e. The SMILES string of the molecule is CCNC(C)C1CCCN(C2CCCC(CC)C2)C1. The minimum Gasteiger partial charge on any atom is -0.314 e. The fourth-order valence-electron chi connectivity index (χ4n) is 4.23. The Bertz CT molecular complexity index is 254. The molecule has 0 aromatic rings. The first-order valence-electron chi connectivity index (χ1n) is 8.72. The molecule has 1 heterocycles. The van der Waals surface area contributed by atoms with Crippen molar-refractivity contribution in [1.29, 1.82) is 0 Å². The molecule has 2 rings (SSSR count). The Kier molecular flexibility index (Phi) is 6.15. The van der Waals surface area contributed by atoms with Gasteiger partial charge in [-0.05, 0) is 57.5 Å². The van der Waals surface area contributed by atoms with Gasteiger partial charge in [0, 0.05) is 18.6 Å². The van der Waals surface area contributed by atoms with Gasteiger partial charge in [-0.25, -0.2) is 0 Å². The van der Waals surface area contributed by atoms with E-state index < -0.39 is 0 Å². The summed E-state index contributed by atoms with van der Waals surface area (Å²) >= 11 is 0. The molecule has 1 aliphatic carbocycles. The van der Waals surface area contributed by atoms with Crippen molar-refractivity contribution in [1.82, 2.24) is 10.2 Å². The summed E-state index contributed by atoms with van der Waals surface area (Å²) in [6.45, 7) is 10.8. The summed E-state index contributed by atoms with van der Waals surface area (Å²) in [7, 11) is 0. The van der Waals surface area contributed by atoms with E-state index in [0.717, 1.165) is 24.4 Å². The fraction of sp³-hybridized carbons (Fsp3) is 1.00. The van der Waals surface area contributed by atoms with Crippen LogP contribution in [0.4, 0.5) is 0 Å². The quantitative estimate of drug-likeness (QED) is 0.817. The average Bonchev–Trinajstić information content (AvgIpc) is 2.48. The molecule has 0 spiro atoms. The van der Waals surface area contributed by atoms with Crippen LogP contribution in [0.2, 0.25) is 0 Å².